The summed E-state index contributed by atoms with van der Waals surface area (Å²) in [5, 5.41) is 18.2. The van der Waals surface area contributed by atoms with E-state index in [1.807, 2.05) is 36.4 Å². The number of benzene rings is 2. The Morgan fingerprint density at radius 3 is 2.67 bits per heavy atom. The van der Waals surface area contributed by atoms with Gasteiger partial charge in [0.2, 0.25) is 0 Å². The van der Waals surface area contributed by atoms with Gasteiger partial charge in [0.05, 0.1) is 29.2 Å². The molecule has 0 N–H and O–H groups in total. The summed E-state index contributed by atoms with van der Waals surface area (Å²) in [6, 6.07) is 15.7. The van der Waals surface area contributed by atoms with Crippen LogP contribution in [0.2, 0.25) is 0 Å². The second-order valence-electron chi connectivity index (χ2n) is 4.43. The molecular formula is C16H9FN4. The molecule has 4 nitrogen and oxygen atoms in total. The van der Waals surface area contributed by atoms with Gasteiger partial charge < -0.3 is 0 Å². The molecule has 3 aromatic rings. The molecule has 1 heterocycles. The first-order chi connectivity index (χ1) is 10.3. The van der Waals surface area contributed by atoms with Gasteiger partial charge in [0, 0.05) is 0 Å². The first-order valence-electron chi connectivity index (χ1n) is 6.28. The van der Waals surface area contributed by atoms with Gasteiger partial charge >= 0.3 is 0 Å². The number of nitriles is 2. The summed E-state index contributed by atoms with van der Waals surface area (Å²) in [7, 11) is 0. The molecule has 0 radical (unpaired) electrons. The summed E-state index contributed by atoms with van der Waals surface area (Å²) in [6.07, 6.45) is 0.0794. The smallest absolute Gasteiger partial charge is 0.143 e. The van der Waals surface area contributed by atoms with E-state index < -0.39 is 5.82 Å². The molecule has 0 spiro atoms. The third-order valence-electron chi connectivity index (χ3n) is 3.21. The van der Waals surface area contributed by atoms with Crippen LogP contribution in [0.3, 0.4) is 0 Å². The van der Waals surface area contributed by atoms with Gasteiger partial charge in [-0.1, -0.05) is 18.2 Å². The molecule has 100 valence electrons. The van der Waals surface area contributed by atoms with Crippen LogP contribution in [-0.2, 0) is 6.42 Å². The monoisotopic (exact) mass is 276 g/mol. The zero-order valence-electron chi connectivity index (χ0n) is 10.9. The Hall–Kier alpha value is -3.18. The van der Waals surface area contributed by atoms with Gasteiger partial charge in [0.15, 0.2) is 0 Å². The van der Waals surface area contributed by atoms with Crippen LogP contribution in [0.4, 0.5) is 4.39 Å². The highest BCUT2D eigenvalue weighted by Gasteiger charge is 2.16. The van der Waals surface area contributed by atoms with Crippen LogP contribution in [0.5, 0.6) is 0 Å². The van der Waals surface area contributed by atoms with Gasteiger partial charge in [-0.15, -0.1) is 0 Å². The van der Waals surface area contributed by atoms with Crippen molar-refractivity contribution < 1.29 is 4.39 Å². The maximum Gasteiger partial charge on any atom is 0.143 e. The average molecular weight is 276 g/mol. The van der Waals surface area contributed by atoms with Crippen molar-refractivity contribution in [1.29, 1.82) is 10.5 Å². The number of rotatable bonds is 2. The van der Waals surface area contributed by atoms with E-state index in [4.69, 9.17) is 5.26 Å². The lowest BCUT2D eigenvalue weighted by molar-refractivity contribution is 0.622. The van der Waals surface area contributed by atoms with E-state index in [1.54, 1.807) is 10.6 Å². The molecule has 0 atom stereocenters. The van der Waals surface area contributed by atoms with Crippen LogP contribution in [0.25, 0.3) is 16.7 Å². The highest BCUT2D eigenvalue weighted by atomic mass is 19.1. The van der Waals surface area contributed by atoms with Gasteiger partial charge in [-0.3, -0.25) is 4.57 Å². The van der Waals surface area contributed by atoms with E-state index in [9.17, 15) is 9.65 Å². The fourth-order valence-corrected chi connectivity index (χ4v) is 2.34. The molecule has 0 aliphatic carbocycles. The minimum Gasteiger partial charge on any atom is -0.294 e. The summed E-state index contributed by atoms with van der Waals surface area (Å²) in [4.78, 5) is 4.39. The third kappa shape index (κ3) is 2.01. The molecule has 0 aliphatic rings. The second-order valence-corrected chi connectivity index (χ2v) is 4.43. The van der Waals surface area contributed by atoms with Gasteiger partial charge in [-0.2, -0.15) is 10.5 Å². The third-order valence-corrected chi connectivity index (χ3v) is 3.21. The van der Waals surface area contributed by atoms with Crippen molar-refractivity contribution in [2.45, 2.75) is 6.42 Å². The number of hydrogen-bond donors (Lipinski definition) is 0. The van der Waals surface area contributed by atoms with E-state index >= 15 is 0 Å². The zero-order valence-corrected chi connectivity index (χ0v) is 10.9. The average Bonchev–Trinajstić information content (AvgIpc) is 2.85. The van der Waals surface area contributed by atoms with E-state index in [0.717, 1.165) is 5.52 Å². The molecule has 1 aromatic heterocycles. The lowest BCUT2D eigenvalue weighted by Crippen LogP contribution is -2.04. The normalized spacial score (nSPS) is 10.2. The topological polar surface area (TPSA) is 65.4 Å². The van der Waals surface area contributed by atoms with Gasteiger partial charge in [-0.05, 0) is 24.3 Å². The molecule has 0 saturated carbocycles. The number of fused-ring (bicyclic) bond motifs is 1. The summed E-state index contributed by atoms with van der Waals surface area (Å²) in [5.41, 5.74) is 1.79. The predicted molar refractivity (Wildman–Crippen MR) is 75.1 cm³/mol. The Kier molecular flexibility index (Phi) is 3.10. The number of imidazole rings is 1. The SMILES string of the molecule is N#CCc1nc2ccccc2n1-c1cccc(F)c1C#N. The minimum atomic E-state index is -0.587. The predicted octanol–water partition coefficient (Wildman–Crippen LogP) is 3.10. The van der Waals surface area contributed by atoms with E-state index in [1.165, 1.54) is 12.1 Å². The van der Waals surface area contributed by atoms with Crippen LogP contribution in [0.1, 0.15) is 11.4 Å². The lowest BCUT2D eigenvalue weighted by Gasteiger charge is -2.10. The van der Waals surface area contributed by atoms with E-state index in [-0.39, 0.29) is 12.0 Å². The Morgan fingerprint density at radius 2 is 1.90 bits per heavy atom. The molecule has 0 unspecified atom stereocenters. The van der Waals surface area contributed by atoms with Crippen LogP contribution in [0, 0.1) is 28.5 Å². The Balaban J connectivity index is 2.40. The lowest BCUT2D eigenvalue weighted by atomic mass is 10.1. The largest absolute Gasteiger partial charge is 0.294 e. The maximum atomic E-state index is 13.8. The summed E-state index contributed by atoms with van der Waals surface area (Å²) in [5.74, 6) is -0.100. The highest BCUT2D eigenvalue weighted by molar-refractivity contribution is 5.79. The number of aromatic nitrogens is 2. The van der Waals surface area contributed by atoms with Crippen molar-refractivity contribution in [3.05, 3.63) is 59.7 Å². The van der Waals surface area contributed by atoms with Crippen molar-refractivity contribution >= 4 is 11.0 Å². The molecule has 0 bridgehead atoms. The Labute approximate surface area is 120 Å². The molecule has 0 fully saturated rings. The fraction of sp³-hybridized carbons (Fsp3) is 0.0625. The fourth-order valence-electron chi connectivity index (χ4n) is 2.34. The zero-order chi connectivity index (χ0) is 14.8. The van der Waals surface area contributed by atoms with Crippen molar-refractivity contribution in [3.8, 4) is 17.8 Å². The maximum absolute atomic E-state index is 13.8. The van der Waals surface area contributed by atoms with Crippen LogP contribution in [-0.4, -0.2) is 9.55 Å². The van der Waals surface area contributed by atoms with Crippen molar-refractivity contribution in [1.82, 2.24) is 9.55 Å². The summed E-state index contributed by atoms with van der Waals surface area (Å²) in [6.45, 7) is 0. The van der Waals surface area contributed by atoms with Crippen molar-refractivity contribution in [2.75, 3.05) is 0 Å². The number of para-hydroxylation sites is 2. The molecule has 2 aromatic carbocycles. The van der Waals surface area contributed by atoms with Gasteiger partial charge in [0.25, 0.3) is 0 Å². The standard InChI is InChI=1S/C16H9FN4/c17-12-4-3-7-14(11(12)10-19)21-15-6-2-1-5-13(15)20-16(21)8-9-18/h1-7H,8H2. The van der Waals surface area contributed by atoms with Crippen LogP contribution >= 0.6 is 0 Å². The van der Waals surface area contributed by atoms with Gasteiger partial charge in [-0.25, -0.2) is 9.37 Å². The number of halogens is 1. The quantitative estimate of drug-likeness (QED) is 0.722. The van der Waals surface area contributed by atoms with Crippen LogP contribution < -0.4 is 0 Å². The van der Waals surface area contributed by atoms with Crippen LogP contribution in [0.15, 0.2) is 42.5 Å². The second kappa shape index (κ2) is 5.07. The number of hydrogen-bond acceptors (Lipinski definition) is 3. The molecule has 0 saturated heterocycles. The van der Waals surface area contributed by atoms with Gasteiger partial charge in [0.1, 0.15) is 23.3 Å². The minimum absolute atomic E-state index is 0.0557. The van der Waals surface area contributed by atoms with E-state index in [2.05, 4.69) is 4.98 Å². The Bertz CT molecular complexity index is 912. The molecule has 3 rings (SSSR count). The van der Waals surface area contributed by atoms with Crippen molar-refractivity contribution in [2.24, 2.45) is 0 Å². The first-order valence-corrected chi connectivity index (χ1v) is 6.28. The molecular weight excluding hydrogens is 267 g/mol. The molecule has 5 heteroatoms. The van der Waals surface area contributed by atoms with Crippen molar-refractivity contribution in [3.63, 3.8) is 0 Å². The number of nitrogens with zero attached hydrogens (tertiary/aromatic N) is 4. The Morgan fingerprint density at radius 1 is 1.10 bits per heavy atom. The first kappa shape index (κ1) is 12.8. The summed E-state index contributed by atoms with van der Waals surface area (Å²) >= 11 is 0. The molecule has 21 heavy (non-hydrogen) atoms. The van der Waals surface area contributed by atoms with E-state index in [0.29, 0.717) is 17.0 Å². The molecule has 0 aliphatic heterocycles. The molecule has 0 amide bonds. The highest BCUT2D eigenvalue weighted by Crippen LogP contribution is 2.25. The summed E-state index contributed by atoms with van der Waals surface area (Å²) < 4.78 is 15.5.